The first-order chi connectivity index (χ1) is 10.1. The van der Waals surface area contributed by atoms with Gasteiger partial charge in [0.15, 0.2) is 6.61 Å². The third-order valence-corrected chi connectivity index (χ3v) is 3.29. The lowest BCUT2D eigenvalue weighted by Gasteiger charge is -2.20. The van der Waals surface area contributed by atoms with E-state index in [4.69, 9.17) is 14.6 Å². The van der Waals surface area contributed by atoms with E-state index in [-0.39, 0.29) is 18.6 Å². The number of carboxylic acid groups (broad SMARTS) is 1. The molecule has 1 heterocycles. The Bertz CT molecular complexity index is 493. The zero-order valence-electron chi connectivity index (χ0n) is 11.9. The van der Waals surface area contributed by atoms with E-state index >= 15 is 0 Å². The smallest absolute Gasteiger partial charge is 0.341 e. The Balaban J connectivity index is 1.87. The first kappa shape index (κ1) is 15.3. The van der Waals surface area contributed by atoms with Crippen molar-refractivity contribution in [2.45, 2.75) is 25.5 Å². The van der Waals surface area contributed by atoms with Gasteiger partial charge in [0.1, 0.15) is 11.9 Å². The fourth-order valence-electron chi connectivity index (χ4n) is 2.21. The fourth-order valence-corrected chi connectivity index (χ4v) is 2.21. The lowest BCUT2D eigenvalue weighted by atomic mass is 10.2. The molecule has 1 saturated heterocycles. The summed E-state index contributed by atoms with van der Waals surface area (Å²) in [6.07, 6.45) is 1.40. The van der Waals surface area contributed by atoms with E-state index in [9.17, 15) is 9.59 Å². The molecule has 1 aliphatic heterocycles. The minimum Gasteiger partial charge on any atom is -0.482 e. The van der Waals surface area contributed by atoms with Crippen molar-refractivity contribution in [3.8, 4) is 5.75 Å². The van der Waals surface area contributed by atoms with E-state index in [0.29, 0.717) is 18.9 Å². The second-order valence-electron chi connectivity index (χ2n) is 5.02. The number of carbonyl (C=O) groups excluding carboxylic acids is 1. The molecule has 114 valence electrons. The van der Waals surface area contributed by atoms with Crippen LogP contribution in [-0.2, 0) is 20.9 Å². The van der Waals surface area contributed by atoms with Crippen LogP contribution in [0.4, 0.5) is 0 Å². The molecule has 1 atom stereocenters. The lowest BCUT2D eigenvalue weighted by Crippen LogP contribution is -2.35. The number of likely N-dealkylation sites (N-methyl/N-ethyl adjacent to an activating group) is 1. The summed E-state index contributed by atoms with van der Waals surface area (Å²) in [4.78, 5) is 24.2. The van der Waals surface area contributed by atoms with E-state index in [2.05, 4.69) is 0 Å². The molecule has 6 nitrogen and oxygen atoms in total. The minimum absolute atomic E-state index is 0.00120. The van der Waals surface area contributed by atoms with Gasteiger partial charge in [-0.05, 0) is 30.5 Å². The van der Waals surface area contributed by atoms with Crippen LogP contribution in [0, 0.1) is 0 Å². The van der Waals surface area contributed by atoms with Crippen LogP contribution in [0.25, 0.3) is 0 Å². The van der Waals surface area contributed by atoms with Gasteiger partial charge in [-0.1, -0.05) is 12.1 Å². The number of carboxylic acids is 1. The van der Waals surface area contributed by atoms with Gasteiger partial charge < -0.3 is 19.5 Å². The maximum absolute atomic E-state index is 12.1. The first-order valence-electron chi connectivity index (χ1n) is 6.86. The maximum atomic E-state index is 12.1. The number of hydrogen-bond donors (Lipinski definition) is 1. The highest BCUT2D eigenvalue weighted by Gasteiger charge is 2.26. The number of nitrogens with zero attached hydrogens (tertiary/aromatic N) is 1. The summed E-state index contributed by atoms with van der Waals surface area (Å²) in [5, 5.41) is 8.53. The van der Waals surface area contributed by atoms with Crippen molar-refractivity contribution in [2.75, 3.05) is 20.3 Å². The molecule has 0 aromatic heterocycles. The van der Waals surface area contributed by atoms with Gasteiger partial charge in [0.05, 0.1) is 0 Å². The quantitative estimate of drug-likeness (QED) is 0.855. The third-order valence-electron chi connectivity index (χ3n) is 3.29. The number of amides is 1. The Morgan fingerprint density at radius 1 is 1.38 bits per heavy atom. The molecule has 1 fully saturated rings. The zero-order chi connectivity index (χ0) is 15.2. The Kier molecular flexibility index (Phi) is 5.16. The summed E-state index contributed by atoms with van der Waals surface area (Å²) in [6, 6.07) is 7.03. The van der Waals surface area contributed by atoms with Crippen molar-refractivity contribution >= 4 is 11.9 Å². The Labute approximate surface area is 123 Å². The van der Waals surface area contributed by atoms with Gasteiger partial charge in [0, 0.05) is 20.2 Å². The van der Waals surface area contributed by atoms with Crippen molar-refractivity contribution in [2.24, 2.45) is 0 Å². The number of ether oxygens (including phenoxy) is 2. The predicted octanol–water partition coefficient (Wildman–Crippen LogP) is 1.29. The van der Waals surface area contributed by atoms with Crippen LogP contribution in [0.15, 0.2) is 24.3 Å². The van der Waals surface area contributed by atoms with Crippen LogP contribution in [0.1, 0.15) is 18.4 Å². The molecular weight excluding hydrogens is 274 g/mol. The number of aliphatic carboxylic acids is 1. The van der Waals surface area contributed by atoms with Gasteiger partial charge in [-0.15, -0.1) is 0 Å². The Morgan fingerprint density at radius 2 is 2.10 bits per heavy atom. The molecule has 1 amide bonds. The second kappa shape index (κ2) is 7.08. The van der Waals surface area contributed by atoms with Gasteiger partial charge in [0.25, 0.3) is 5.91 Å². The van der Waals surface area contributed by atoms with E-state index in [1.807, 2.05) is 12.1 Å². The summed E-state index contributed by atoms with van der Waals surface area (Å²) < 4.78 is 10.4. The average molecular weight is 293 g/mol. The summed E-state index contributed by atoms with van der Waals surface area (Å²) in [7, 11) is 1.75. The topological polar surface area (TPSA) is 76.1 Å². The molecule has 0 spiro atoms. The highest BCUT2D eigenvalue weighted by atomic mass is 16.5. The van der Waals surface area contributed by atoms with Gasteiger partial charge in [-0.2, -0.15) is 0 Å². The summed E-state index contributed by atoms with van der Waals surface area (Å²) >= 11 is 0. The Morgan fingerprint density at radius 3 is 2.67 bits per heavy atom. The van der Waals surface area contributed by atoms with Gasteiger partial charge >= 0.3 is 5.97 Å². The normalized spacial score (nSPS) is 17.5. The standard InChI is InChI=1S/C15H19NO5/c1-16(15(19)13-3-2-8-20-13)9-11-4-6-12(7-5-11)21-10-14(17)18/h4-7,13H,2-3,8-10H2,1H3,(H,17,18)/t13-/m0/s1. The molecule has 0 aliphatic carbocycles. The van der Waals surface area contributed by atoms with E-state index < -0.39 is 5.97 Å². The van der Waals surface area contributed by atoms with E-state index in [1.165, 1.54) is 0 Å². The van der Waals surface area contributed by atoms with Gasteiger partial charge in [-0.25, -0.2) is 4.79 Å². The molecule has 6 heteroatoms. The van der Waals surface area contributed by atoms with Crippen molar-refractivity contribution in [1.29, 1.82) is 0 Å². The largest absolute Gasteiger partial charge is 0.482 e. The van der Waals surface area contributed by atoms with E-state index in [0.717, 1.165) is 18.4 Å². The molecule has 2 rings (SSSR count). The molecule has 0 unspecified atom stereocenters. The molecule has 0 saturated carbocycles. The molecule has 1 N–H and O–H groups in total. The summed E-state index contributed by atoms with van der Waals surface area (Å²) in [6.45, 7) is 0.772. The molecule has 1 aromatic rings. The number of rotatable bonds is 6. The second-order valence-corrected chi connectivity index (χ2v) is 5.02. The molecule has 21 heavy (non-hydrogen) atoms. The SMILES string of the molecule is CN(Cc1ccc(OCC(=O)O)cc1)C(=O)[C@@H]1CCCO1. The summed E-state index contributed by atoms with van der Waals surface area (Å²) in [5.74, 6) is -0.520. The van der Waals surface area contributed by atoms with Crippen molar-refractivity contribution in [1.82, 2.24) is 4.90 Å². The fraction of sp³-hybridized carbons (Fsp3) is 0.467. The first-order valence-corrected chi connectivity index (χ1v) is 6.86. The molecule has 1 aromatic carbocycles. The van der Waals surface area contributed by atoms with Crippen LogP contribution < -0.4 is 4.74 Å². The number of carbonyl (C=O) groups is 2. The van der Waals surface area contributed by atoms with Crippen molar-refractivity contribution in [3.05, 3.63) is 29.8 Å². The third kappa shape index (κ3) is 4.46. The highest BCUT2D eigenvalue weighted by molar-refractivity contribution is 5.80. The van der Waals surface area contributed by atoms with Crippen LogP contribution in [0.2, 0.25) is 0 Å². The van der Waals surface area contributed by atoms with Crippen LogP contribution >= 0.6 is 0 Å². The molecule has 0 radical (unpaired) electrons. The summed E-state index contributed by atoms with van der Waals surface area (Å²) in [5.41, 5.74) is 0.950. The molecule has 0 bridgehead atoms. The number of hydrogen-bond acceptors (Lipinski definition) is 4. The lowest BCUT2D eigenvalue weighted by molar-refractivity contribution is -0.140. The van der Waals surface area contributed by atoms with Gasteiger partial charge in [0.2, 0.25) is 0 Å². The average Bonchev–Trinajstić information content (AvgIpc) is 2.99. The van der Waals surface area contributed by atoms with Gasteiger partial charge in [-0.3, -0.25) is 4.79 Å². The Hall–Kier alpha value is -2.08. The number of benzene rings is 1. The zero-order valence-corrected chi connectivity index (χ0v) is 11.9. The maximum Gasteiger partial charge on any atom is 0.341 e. The monoisotopic (exact) mass is 293 g/mol. The van der Waals surface area contributed by atoms with Crippen molar-refractivity contribution in [3.63, 3.8) is 0 Å². The molecular formula is C15H19NO5. The minimum atomic E-state index is -1.01. The highest BCUT2D eigenvalue weighted by Crippen LogP contribution is 2.17. The van der Waals surface area contributed by atoms with Crippen LogP contribution in [0.3, 0.4) is 0 Å². The van der Waals surface area contributed by atoms with Crippen molar-refractivity contribution < 1.29 is 24.2 Å². The van der Waals surface area contributed by atoms with E-state index in [1.54, 1.807) is 24.1 Å². The molecule has 1 aliphatic rings. The van der Waals surface area contributed by atoms with Crippen LogP contribution in [-0.4, -0.2) is 48.2 Å². The predicted molar refractivity (Wildman–Crippen MR) is 75.0 cm³/mol. The van der Waals surface area contributed by atoms with Crippen LogP contribution in [0.5, 0.6) is 5.75 Å².